The number of carbonyl (C=O) groups excluding carboxylic acids is 1. The number of amides is 1. The third kappa shape index (κ3) is 7.49. The Labute approximate surface area is 156 Å². The Morgan fingerprint density at radius 3 is 2.59 bits per heavy atom. The van der Waals surface area contributed by atoms with Gasteiger partial charge in [-0.05, 0) is 50.4 Å². The number of nitrogens with zero attached hydrogens (tertiary/aromatic N) is 2. The Balaban J connectivity index is 1.64. The fourth-order valence-electron chi connectivity index (χ4n) is 3.08. The van der Waals surface area contributed by atoms with Gasteiger partial charge in [0.2, 0.25) is 0 Å². The third-order valence-corrected chi connectivity index (χ3v) is 4.51. The first-order valence-electron chi connectivity index (χ1n) is 8.89. The third-order valence-electron chi connectivity index (χ3n) is 4.51. The van der Waals surface area contributed by atoms with Gasteiger partial charge in [0.1, 0.15) is 5.76 Å². The first kappa shape index (κ1) is 21.1. The lowest BCUT2D eigenvalue weighted by atomic mass is 9.93. The largest absolute Gasteiger partial charge is 0.454 e. The van der Waals surface area contributed by atoms with Crippen LogP contribution in [0.4, 0.5) is 13.2 Å². The van der Waals surface area contributed by atoms with Crippen molar-refractivity contribution in [3.8, 4) is 0 Å². The van der Waals surface area contributed by atoms with E-state index in [0.717, 1.165) is 19.3 Å². The number of piperidine rings is 1. The Morgan fingerprint density at radius 1 is 1.33 bits per heavy atom. The number of rotatable bonds is 7. The first-order valence-corrected chi connectivity index (χ1v) is 8.89. The summed E-state index contributed by atoms with van der Waals surface area (Å²) in [4.78, 5) is 16.6. The number of nitrogens with two attached hydrogens (primary N) is 1. The molecule has 0 atom stereocenters. The molecule has 0 radical (unpaired) electrons. The molecule has 1 aliphatic rings. The van der Waals surface area contributed by atoms with E-state index in [2.05, 4.69) is 15.6 Å². The van der Waals surface area contributed by atoms with E-state index in [9.17, 15) is 18.0 Å². The Kier molecular flexibility index (Phi) is 7.52. The second-order valence-corrected chi connectivity index (χ2v) is 6.61. The number of nitrogens with one attached hydrogen (secondary N) is 2. The smallest absolute Gasteiger partial charge is 0.401 e. The number of likely N-dealkylation sites (tertiary alicyclic amines) is 1. The molecule has 0 aliphatic carbocycles. The number of aliphatic imine (C=N–C) groups is 1. The normalized spacial score (nSPS) is 17.1. The molecule has 0 aromatic carbocycles. The molecule has 27 heavy (non-hydrogen) atoms. The SMILES string of the molecule is CN=C(NCCC1CCN(CC(F)(F)F)CC1)NCc1ccc(C(N)=O)o1. The van der Waals surface area contributed by atoms with Gasteiger partial charge in [-0.3, -0.25) is 14.7 Å². The molecule has 1 aromatic rings. The van der Waals surface area contributed by atoms with Gasteiger partial charge >= 0.3 is 6.18 Å². The average molecular weight is 389 g/mol. The fourth-order valence-corrected chi connectivity index (χ4v) is 3.08. The molecule has 0 bridgehead atoms. The summed E-state index contributed by atoms with van der Waals surface area (Å²) in [7, 11) is 1.64. The minimum absolute atomic E-state index is 0.103. The van der Waals surface area contributed by atoms with Crippen LogP contribution >= 0.6 is 0 Å². The number of furan rings is 1. The van der Waals surface area contributed by atoms with Crippen molar-refractivity contribution < 1.29 is 22.4 Å². The standard InChI is InChI=1S/C17H26F3N5O2/c1-22-16(24-10-13-2-3-14(27-13)15(21)26)23-7-4-12-5-8-25(9-6-12)11-17(18,19)20/h2-3,12H,4-11H2,1H3,(H2,21,26)(H2,22,23,24). The van der Waals surface area contributed by atoms with Crippen molar-refractivity contribution in [3.63, 3.8) is 0 Å². The van der Waals surface area contributed by atoms with E-state index in [1.54, 1.807) is 13.1 Å². The van der Waals surface area contributed by atoms with E-state index in [4.69, 9.17) is 10.2 Å². The van der Waals surface area contributed by atoms with Crippen LogP contribution in [0.1, 0.15) is 35.6 Å². The summed E-state index contributed by atoms with van der Waals surface area (Å²) in [5.41, 5.74) is 5.14. The highest BCUT2D eigenvalue weighted by atomic mass is 19.4. The Morgan fingerprint density at radius 2 is 2.04 bits per heavy atom. The van der Waals surface area contributed by atoms with Crippen LogP contribution in [0.2, 0.25) is 0 Å². The zero-order chi connectivity index (χ0) is 19.9. The highest BCUT2D eigenvalue weighted by molar-refractivity contribution is 5.89. The maximum absolute atomic E-state index is 12.4. The summed E-state index contributed by atoms with van der Waals surface area (Å²) in [6, 6.07) is 3.18. The van der Waals surface area contributed by atoms with E-state index in [1.165, 1.54) is 11.0 Å². The van der Waals surface area contributed by atoms with E-state index in [0.29, 0.717) is 43.8 Å². The van der Waals surface area contributed by atoms with Crippen molar-refractivity contribution in [2.24, 2.45) is 16.6 Å². The maximum atomic E-state index is 12.4. The van der Waals surface area contributed by atoms with Crippen LogP contribution in [0.3, 0.4) is 0 Å². The number of carbonyl (C=O) groups is 1. The van der Waals surface area contributed by atoms with Crippen molar-refractivity contribution in [2.45, 2.75) is 32.0 Å². The molecule has 0 unspecified atom stereocenters. The molecule has 2 heterocycles. The van der Waals surface area contributed by atoms with E-state index in [1.807, 2.05) is 0 Å². The lowest BCUT2D eigenvalue weighted by Crippen LogP contribution is -2.41. The minimum Gasteiger partial charge on any atom is -0.454 e. The number of halogens is 3. The lowest BCUT2D eigenvalue weighted by Gasteiger charge is -2.32. The van der Waals surface area contributed by atoms with Gasteiger partial charge in [-0.25, -0.2) is 0 Å². The minimum atomic E-state index is -4.13. The van der Waals surface area contributed by atoms with Gasteiger partial charge in [0.15, 0.2) is 11.7 Å². The van der Waals surface area contributed by atoms with Gasteiger partial charge in [0, 0.05) is 13.6 Å². The van der Waals surface area contributed by atoms with Gasteiger partial charge in [-0.1, -0.05) is 0 Å². The van der Waals surface area contributed by atoms with Crippen LogP contribution in [0.25, 0.3) is 0 Å². The average Bonchev–Trinajstić information content (AvgIpc) is 3.07. The molecule has 0 spiro atoms. The molecule has 0 saturated carbocycles. The quantitative estimate of drug-likeness (QED) is 0.487. The number of hydrogen-bond donors (Lipinski definition) is 3. The molecular formula is C17H26F3N5O2. The van der Waals surface area contributed by atoms with Gasteiger partial charge in [-0.15, -0.1) is 0 Å². The van der Waals surface area contributed by atoms with E-state index >= 15 is 0 Å². The first-order chi connectivity index (χ1) is 12.8. The van der Waals surface area contributed by atoms with Crippen LogP contribution in [0.15, 0.2) is 21.5 Å². The van der Waals surface area contributed by atoms with Crippen LogP contribution < -0.4 is 16.4 Å². The summed E-state index contributed by atoms with van der Waals surface area (Å²) in [6.07, 6.45) is -1.72. The summed E-state index contributed by atoms with van der Waals surface area (Å²) in [6.45, 7) is 1.17. The summed E-state index contributed by atoms with van der Waals surface area (Å²) < 4.78 is 42.5. The summed E-state index contributed by atoms with van der Waals surface area (Å²) in [5, 5.41) is 6.25. The molecule has 1 aromatic heterocycles. The number of guanidine groups is 1. The van der Waals surface area contributed by atoms with Crippen LogP contribution in [-0.2, 0) is 6.54 Å². The van der Waals surface area contributed by atoms with Crippen LogP contribution in [0.5, 0.6) is 0 Å². The molecule has 1 amide bonds. The van der Waals surface area contributed by atoms with Gasteiger partial charge in [0.05, 0.1) is 13.1 Å². The number of hydrogen-bond acceptors (Lipinski definition) is 4. The zero-order valence-electron chi connectivity index (χ0n) is 15.3. The van der Waals surface area contributed by atoms with E-state index in [-0.39, 0.29) is 5.76 Å². The Bertz CT molecular complexity index is 637. The topological polar surface area (TPSA) is 95.9 Å². The van der Waals surface area contributed by atoms with Crippen molar-refractivity contribution in [3.05, 3.63) is 23.7 Å². The summed E-state index contributed by atoms with van der Waals surface area (Å²) in [5.74, 6) is 1.03. The second kappa shape index (κ2) is 9.63. The predicted octanol–water partition coefficient (Wildman–Crippen LogP) is 1.71. The summed E-state index contributed by atoms with van der Waals surface area (Å²) >= 11 is 0. The monoisotopic (exact) mass is 389 g/mol. The molecular weight excluding hydrogens is 363 g/mol. The van der Waals surface area contributed by atoms with Crippen LogP contribution in [0, 0.1) is 5.92 Å². The second-order valence-electron chi connectivity index (χ2n) is 6.61. The zero-order valence-corrected chi connectivity index (χ0v) is 15.3. The number of primary amides is 1. The van der Waals surface area contributed by atoms with Crippen molar-refractivity contribution in [1.29, 1.82) is 0 Å². The fraction of sp³-hybridized carbons (Fsp3) is 0.647. The maximum Gasteiger partial charge on any atom is 0.401 e. The van der Waals surface area contributed by atoms with Crippen molar-refractivity contribution in [2.75, 3.05) is 33.2 Å². The molecule has 152 valence electrons. The number of alkyl halides is 3. The van der Waals surface area contributed by atoms with Crippen molar-refractivity contribution >= 4 is 11.9 Å². The molecule has 10 heteroatoms. The molecule has 1 fully saturated rings. The molecule has 1 aliphatic heterocycles. The van der Waals surface area contributed by atoms with Gasteiger partial charge < -0.3 is 20.8 Å². The van der Waals surface area contributed by atoms with Crippen LogP contribution in [-0.4, -0.2) is 56.2 Å². The molecule has 7 nitrogen and oxygen atoms in total. The van der Waals surface area contributed by atoms with Gasteiger partial charge in [-0.2, -0.15) is 13.2 Å². The highest BCUT2D eigenvalue weighted by Gasteiger charge is 2.32. The molecule has 2 rings (SSSR count). The van der Waals surface area contributed by atoms with Gasteiger partial charge in [0.25, 0.3) is 5.91 Å². The molecule has 4 N–H and O–H groups in total. The molecule has 1 saturated heterocycles. The predicted molar refractivity (Wildman–Crippen MR) is 95.3 cm³/mol. The van der Waals surface area contributed by atoms with Crippen molar-refractivity contribution in [1.82, 2.24) is 15.5 Å². The van der Waals surface area contributed by atoms with E-state index < -0.39 is 18.6 Å². The Hall–Kier alpha value is -2.23. The lowest BCUT2D eigenvalue weighted by molar-refractivity contribution is -0.148. The highest BCUT2D eigenvalue weighted by Crippen LogP contribution is 2.23.